The topological polar surface area (TPSA) is 105 Å². The number of aromatic hydroxyl groups is 1. The summed E-state index contributed by atoms with van der Waals surface area (Å²) < 4.78 is 10.7. The Bertz CT molecular complexity index is 791. The van der Waals surface area contributed by atoms with E-state index in [1.807, 2.05) is 19.1 Å². The molecule has 2 aromatic heterocycles. The van der Waals surface area contributed by atoms with Gasteiger partial charge in [-0.3, -0.25) is 0 Å². The van der Waals surface area contributed by atoms with Gasteiger partial charge in [0.05, 0.1) is 12.9 Å². The van der Waals surface area contributed by atoms with Gasteiger partial charge in [0.25, 0.3) is 0 Å². The molecule has 8 heteroatoms. The summed E-state index contributed by atoms with van der Waals surface area (Å²) in [6, 6.07) is 10.6. The van der Waals surface area contributed by atoms with E-state index in [1.54, 1.807) is 30.5 Å². The van der Waals surface area contributed by atoms with E-state index >= 15 is 0 Å². The molecule has 25 heavy (non-hydrogen) atoms. The second kappa shape index (κ2) is 8.00. The molecule has 130 valence electrons. The molecule has 0 unspecified atom stereocenters. The third-order valence-electron chi connectivity index (χ3n) is 3.25. The maximum absolute atomic E-state index is 9.35. The van der Waals surface area contributed by atoms with Crippen molar-refractivity contribution in [2.24, 2.45) is 0 Å². The molecular formula is C17H19N5O3. The summed E-state index contributed by atoms with van der Waals surface area (Å²) in [6.07, 6.45) is 2.36. The fourth-order valence-corrected chi connectivity index (χ4v) is 2.11. The summed E-state index contributed by atoms with van der Waals surface area (Å²) in [7, 11) is 0. The molecule has 0 radical (unpaired) electrons. The smallest absolute Gasteiger partial charge is 0.323 e. The lowest BCUT2D eigenvalue weighted by molar-refractivity contribution is 0.312. The van der Waals surface area contributed by atoms with E-state index in [4.69, 9.17) is 9.15 Å². The second-order valence-electron chi connectivity index (χ2n) is 5.13. The molecule has 0 aliphatic carbocycles. The number of furan rings is 1. The van der Waals surface area contributed by atoms with Gasteiger partial charge in [-0.25, -0.2) is 0 Å². The first-order valence-corrected chi connectivity index (χ1v) is 7.94. The third-order valence-corrected chi connectivity index (χ3v) is 3.25. The average Bonchev–Trinajstić information content (AvgIpc) is 3.11. The van der Waals surface area contributed by atoms with Crippen molar-refractivity contribution in [2.45, 2.75) is 13.3 Å². The first-order chi connectivity index (χ1) is 12.2. The minimum Gasteiger partial charge on any atom is -0.508 e. The molecule has 0 fully saturated rings. The van der Waals surface area contributed by atoms with E-state index < -0.39 is 0 Å². The van der Waals surface area contributed by atoms with Crippen LogP contribution in [0.15, 0.2) is 47.1 Å². The van der Waals surface area contributed by atoms with Gasteiger partial charge < -0.3 is 24.9 Å². The highest BCUT2D eigenvalue weighted by Gasteiger charge is 2.08. The number of hydrogen-bond donors (Lipinski definition) is 3. The average molecular weight is 341 g/mol. The van der Waals surface area contributed by atoms with Crippen LogP contribution < -0.4 is 15.4 Å². The van der Waals surface area contributed by atoms with Crippen molar-refractivity contribution in [2.75, 3.05) is 23.8 Å². The molecule has 3 N–H and O–H groups in total. The predicted octanol–water partition coefficient (Wildman–Crippen LogP) is 2.97. The van der Waals surface area contributed by atoms with E-state index in [0.717, 1.165) is 11.4 Å². The molecular weight excluding hydrogens is 322 g/mol. The summed E-state index contributed by atoms with van der Waals surface area (Å²) in [5.74, 6) is 1.83. The Labute approximate surface area is 144 Å². The molecule has 8 nitrogen and oxygen atoms in total. The summed E-state index contributed by atoms with van der Waals surface area (Å²) in [6.45, 7) is 2.93. The van der Waals surface area contributed by atoms with Gasteiger partial charge in [0.2, 0.25) is 11.9 Å². The van der Waals surface area contributed by atoms with Crippen molar-refractivity contribution in [3.05, 3.63) is 48.4 Å². The minimum atomic E-state index is 0.191. The Kier molecular flexibility index (Phi) is 5.30. The van der Waals surface area contributed by atoms with E-state index in [2.05, 4.69) is 25.6 Å². The fourth-order valence-electron chi connectivity index (χ4n) is 2.11. The molecule has 3 rings (SSSR count). The van der Waals surface area contributed by atoms with Crippen LogP contribution in [0.5, 0.6) is 11.8 Å². The first kappa shape index (κ1) is 16.6. The number of hydrogen-bond acceptors (Lipinski definition) is 8. The van der Waals surface area contributed by atoms with Crippen molar-refractivity contribution >= 4 is 17.6 Å². The van der Waals surface area contributed by atoms with Gasteiger partial charge in [0.1, 0.15) is 11.5 Å². The van der Waals surface area contributed by atoms with Crippen LogP contribution in [0.25, 0.3) is 0 Å². The summed E-state index contributed by atoms with van der Waals surface area (Å²) in [5.41, 5.74) is 0.744. The van der Waals surface area contributed by atoms with Crippen LogP contribution in [0.3, 0.4) is 0 Å². The number of phenolic OH excluding ortho intramolecular Hbond substituents is 1. The van der Waals surface area contributed by atoms with Crippen LogP contribution in [-0.2, 0) is 6.42 Å². The maximum Gasteiger partial charge on any atom is 0.323 e. The molecule has 0 aliphatic heterocycles. The van der Waals surface area contributed by atoms with Gasteiger partial charge in [0.15, 0.2) is 0 Å². The molecule has 2 heterocycles. The van der Waals surface area contributed by atoms with Crippen LogP contribution in [0.4, 0.5) is 17.6 Å². The summed E-state index contributed by atoms with van der Waals surface area (Å²) in [5, 5.41) is 15.5. The van der Waals surface area contributed by atoms with E-state index in [1.165, 1.54) is 0 Å². The SMILES string of the molecule is CCOc1nc(NCCc2ccco2)nc(Nc2ccc(O)cc2)n1. The Morgan fingerprint density at radius 3 is 2.60 bits per heavy atom. The standard InChI is InChI=1S/C17H19N5O3/c1-2-24-17-21-15(18-10-9-14-4-3-11-25-14)20-16(22-17)19-12-5-7-13(23)8-6-12/h3-8,11,23H,2,9-10H2,1H3,(H2,18,19,20,21,22). The number of anilines is 3. The predicted molar refractivity (Wildman–Crippen MR) is 93.3 cm³/mol. The van der Waals surface area contributed by atoms with Gasteiger partial charge in [-0.15, -0.1) is 0 Å². The second-order valence-corrected chi connectivity index (χ2v) is 5.13. The van der Waals surface area contributed by atoms with Crippen LogP contribution >= 0.6 is 0 Å². The minimum absolute atomic E-state index is 0.191. The first-order valence-electron chi connectivity index (χ1n) is 7.94. The zero-order chi connectivity index (χ0) is 17.5. The number of phenols is 1. The number of ether oxygens (including phenoxy) is 1. The van der Waals surface area contributed by atoms with Crippen LogP contribution in [-0.4, -0.2) is 33.2 Å². The Hall–Kier alpha value is -3.29. The molecule has 0 saturated carbocycles. The Balaban J connectivity index is 1.70. The highest BCUT2D eigenvalue weighted by Crippen LogP contribution is 2.19. The molecule has 1 aromatic carbocycles. The highest BCUT2D eigenvalue weighted by molar-refractivity contribution is 5.55. The van der Waals surface area contributed by atoms with Crippen molar-refractivity contribution in [3.63, 3.8) is 0 Å². The van der Waals surface area contributed by atoms with Crippen molar-refractivity contribution in [1.82, 2.24) is 15.0 Å². The maximum atomic E-state index is 9.35. The van der Waals surface area contributed by atoms with E-state index in [-0.39, 0.29) is 11.8 Å². The van der Waals surface area contributed by atoms with Gasteiger partial charge >= 0.3 is 6.01 Å². The lowest BCUT2D eigenvalue weighted by atomic mass is 10.3. The molecule has 0 aliphatic rings. The number of aromatic nitrogens is 3. The lowest BCUT2D eigenvalue weighted by Crippen LogP contribution is -2.11. The lowest BCUT2D eigenvalue weighted by Gasteiger charge is -2.10. The number of nitrogens with one attached hydrogen (secondary N) is 2. The zero-order valence-electron chi connectivity index (χ0n) is 13.8. The molecule has 3 aromatic rings. The Morgan fingerprint density at radius 1 is 1.08 bits per heavy atom. The van der Waals surface area contributed by atoms with Crippen LogP contribution in [0, 0.1) is 0 Å². The Morgan fingerprint density at radius 2 is 1.88 bits per heavy atom. The van der Waals surface area contributed by atoms with Crippen molar-refractivity contribution < 1.29 is 14.3 Å². The third kappa shape index (κ3) is 4.84. The van der Waals surface area contributed by atoms with Crippen LogP contribution in [0.1, 0.15) is 12.7 Å². The van der Waals surface area contributed by atoms with E-state index in [9.17, 15) is 5.11 Å². The van der Waals surface area contributed by atoms with Crippen molar-refractivity contribution in [3.8, 4) is 11.8 Å². The molecule has 0 saturated heterocycles. The van der Waals surface area contributed by atoms with E-state index in [0.29, 0.717) is 31.5 Å². The largest absolute Gasteiger partial charge is 0.508 e. The highest BCUT2D eigenvalue weighted by atomic mass is 16.5. The normalized spacial score (nSPS) is 10.4. The number of benzene rings is 1. The van der Waals surface area contributed by atoms with Crippen LogP contribution in [0.2, 0.25) is 0 Å². The van der Waals surface area contributed by atoms with Crippen molar-refractivity contribution in [1.29, 1.82) is 0 Å². The molecule has 0 bridgehead atoms. The quantitative estimate of drug-likeness (QED) is 0.537. The fraction of sp³-hybridized carbons (Fsp3) is 0.235. The van der Waals surface area contributed by atoms with Gasteiger partial charge in [0, 0.05) is 18.7 Å². The molecule has 0 atom stereocenters. The molecule has 0 spiro atoms. The molecule has 0 amide bonds. The monoisotopic (exact) mass is 341 g/mol. The van der Waals surface area contributed by atoms with Gasteiger partial charge in [-0.1, -0.05) is 0 Å². The summed E-state index contributed by atoms with van der Waals surface area (Å²) in [4.78, 5) is 12.8. The number of nitrogens with zero attached hydrogens (tertiary/aromatic N) is 3. The zero-order valence-corrected chi connectivity index (χ0v) is 13.8. The number of rotatable bonds is 8. The van der Waals surface area contributed by atoms with Gasteiger partial charge in [-0.2, -0.15) is 15.0 Å². The van der Waals surface area contributed by atoms with Gasteiger partial charge in [-0.05, 0) is 43.3 Å². The summed E-state index contributed by atoms with van der Waals surface area (Å²) >= 11 is 0.